The van der Waals surface area contributed by atoms with E-state index in [2.05, 4.69) is 20.8 Å². The molecular formula is C18H25F2IN4O. The minimum absolute atomic E-state index is 0. The highest BCUT2D eigenvalue weighted by Crippen LogP contribution is 2.14. The molecule has 0 fully saturated rings. The van der Waals surface area contributed by atoms with Crippen LogP contribution in [0.3, 0.4) is 0 Å². The number of rotatable bonds is 7. The molecule has 0 radical (unpaired) electrons. The van der Waals surface area contributed by atoms with Crippen LogP contribution >= 0.6 is 24.0 Å². The van der Waals surface area contributed by atoms with Crippen LogP contribution in [0.4, 0.5) is 8.78 Å². The third-order valence-corrected chi connectivity index (χ3v) is 3.64. The average Bonchev–Trinajstić information content (AvgIpc) is 3.04. The molecular weight excluding hydrogens is 453 g/mol. The van der Waals surface area contributed by atoms with Crippen LogP contribution in [-0.2, 0) is 13.0 Å². The van der Waals surface area contributed by atoms with E-state index in [1.165, 1.54) is 18.2 Å². The molecule has 0 amide bonds. The Bertz CT molecular complexity index is 699. The van der Waals surface area contributed by atoms with Gasteiger partial charge in [0.25, 0.3) is 0 Å². The van der Waals surface area contributed by atoms with Gasteiger partial charge >= 0.3 is 0 Å². The van der Waals surface area contributed by atoms with Gasteiger partial charge in [-0.15, -0.1) is 24.0 Å². The van der Waals surface area contributed by atoms with Crippen molar-refractivity contribution in [1.29, 1.82) is 0 Å². The van der Waals surface area contributed by atoms with Crippen LogP contribution in [0.2, 0.25) is 0 Å². The maximum Gasteiger partial charge on any atom is 0.191 e. The third kappa shape index (κ3) is 6.54. The van der Waals surface area contributed by atoms with E-state index in [0.29, 0.717) is 37.3 Å². The Morgan fingerprint density at radius 2 is 1.92 bits per heavy atom. The highest BCUT2D eigenvalue weighted by molar-refractivity contribution is 14.0. The second-order valence-electron chi connectivity index (χ2n) is 5.94. The Morgan fingerprint density at radius 1 is 1.23 bits per heavy atom. The van der Waals surface area contributed by atoms with Gasteiger partial charge in [0.05, 0.1) is 5.69 Å². The highest BCUT2D eigenvalue weighted by Gasteiger charge is 2.09. The topological polar surface area (TPSA) is 62.5 Å². The van der Waals surface area contributed by atoms with Crippen LogP contribution in [0.5, 0.6) is 0 Å². The number of aromatic nitrogens is 1. The fraction of sp³-hybridized carbons (Fsp3) is 0.444. The van der Waals surface area contributed by atoms with Crippen molar-refractivity contribution in [3.8, 4) is 0 Å². The summed E-state index contributed by atoms with van der Waals surface area (Å²) in [5.74, 6) is 0.449. The molecule has 1 heterocycles. The number of hydrogen-bond donors (Lipinski definition) is 2. The number of hydrogen-bond acceptors (Lipinski definition) is 3. The Hall–Kier alpha value is -1.71. The van der Waals surface area contributed by atoms with Gasteiger partial charge < -0.3 is 15.2 Å². The zero-order valence-electron chi connectivity index (χ0n) is 15.2. The number of aliphatic imine (C=N–C) groups is 1. The zero-order valence-corrected chi connectivity index (χ0v) is 17.5. The van der Waals surface area contributed by atoms with E-state index in [0.717, 1.165) is 5.69 Å². The van der Waals surface area contributed by atoms with Crippen LogP contribution in [0.1, 0.15) is 43.7 Å². The quantitative estimate of drug-likeness (QED) is 0.359. The summed E-state index contributed by atoms with van der Waals surface area (Å²) in [6.45, 7) is 7.39. The fourth-order valence-electron chi connectivity index (χ4n) is 2.25. The lowest BCUT2D eigenvalue weighted by Gasteiger charge is -2.11. The summed E-state index contributed by atoms with van der Waals surface area (Å²) in [7, 11) is 0. The zero-order chi connectivity index (χ0) is 18.2. The molecule has 26 heavy (non-hydrogen) atoms. The fourth-order valence-corrected chi connectivity index (χ4v) is 2.25. The molecule has 0 bridgehead atoms. The number of nitrogens with zero attached hydrogens (tertiary/aromatic N) is 2. The van der Waals surface area contributed by atoms with Gasteiger partial charge in [-0.1, -0.05) is 25.1 Å². The van der Waals surface area contributed by atoms with Crippen LogP contribution < -0.4 is 10.6 Å². The van der Waals surface area contributed by atoms with Crippen LogP contribution in [0, 0.1) is 11.6 Å². The molecule has 144 valence electrons. The standard InChI is InChI=1S/C18H24F2N4O.HI/c1-4-21-18(23-11-13-10-17(12(2)3)24-25-13)22-9-8-14-15(19)6-5-7-16(14)20;/h5-7,10,12H,4,8-9,11H2,1-3H3,(H2,21,22,23);1H. The molecule has 5 nitrogen and oxygen atoms in total. The van der Waals surface area contributed by atoms with Gasteiger partial charge in [0.15, 0.2) is 11.7 Å². The minimum Gasteiger partial charge on any atom is -0.359 e. The molecule has 0 spiro atoms. The van der Waals surface area contributed by atoms with Crippen molar-refractivity contribution in [2.45, 2.75) is 39.7 Å². The molecule has 0 atom stereocenters. The van der Waals surface area contributed by atoms with Gasteiger partial charge in [-0.3, -0.25) is 0 Å². The van der Waals surface area contributed by atoms with Gasteiger partial charge in [-0.25, -0.2) is 13.8 Å². The van der Waals surface area contributed by atoms with Crippen molar-refractivity contribution in [2.75, 3.05) is 13.1 Å². The van der Waals surface area contributed by atoms with Gasteiger partial charge in [-0.05, 0) is 31.4 Å². The van der Waals surface area contributed by atoms with E-state index in [9.17, 15) is 8.78 Å². The molecule has 2 N–H and O–H groups in total. The summed E-state index contributed by atoms with van der Waals surface area (Å²) < 4.78 is 32.5. The molecule has 1 aromatic carbocycles. The van der Waals surface area contributed by atoms with E-state index in [-0.39, 0.29) is 36.0 Å². The normalized spacial score (nSPS) is 11.4. The third-order valence-electron chi connectivity index (χ3n) is 3.64. The summed E-state index contributed by atoms with van der Waals surface area (Å²) in [4.78, 5) is 4.41. The molecule has 2 aromatic rings. The van der Waals surface area contributed by atoms with Crippen LogP contribution in [0.25, 0.3) is 0 Å². The number of halogens is 3. The Kier molecular flexibility index (Phi) is 9.53. The van der Waals surface area contributed by atoms with E-state index in [1.807, 2.05) is 26.8 Å². The van der Waals surface area contributed by atoms with E-state index in [1.54, 1.807) is 0 Å². The first kappa shape index (κ1) is 22.3. The van der Waals surface area contributed by atoms with Crippen LogP contribution in [0.15, 0.2) is 33.8 Å². The summed E-state index contributed by atoms with van der Waals surface area (Å²) in [6.07, 6.45) is 0.225. The van der Waals surface area contributed by atoms with E-state index in [4.69, 9.17) is 4.52 Å². The van der Waals surface area contributed by atoms with Crippen molar-refractivity contribution in [3.63, 3.8) is 0 Å². The first-order valence-electron chi connectivity index (χ1n) is 8.41. The van der Waals surface area contributed by atoms with Crippen molar-refractivity contribution in [2.24, 2.45) is 4.99 Å². The SMILES string of the molecule is CCNC(=NCc1cc(C(C)C)no1)NCCc1c(F)cccc1F.I. The maximum atomic E-state index is 13.6. The molecule has 0 aliphatic rings. The first-order chi connectivity index (χ1) is 12.0. The largest absolute Gasteiger partial charge is 0.359 e. The summed E-state index contributed by atoms with van der Waals surface area (Å²) in [6, 6.07) is 5.75. The summed E-state index contributed by atoms with van der Waals surface area (Å²) >= 11 is 0. The first-order valence-corrected chi connectivity index (χ1v) is 8.41. The predicted octanol–water partition coefficient (Wildman–Crippen LogP) is 3.99. The van der Waals surface area contributed by atoms with Crippen molar-refractivity contribution in [1.82, 2.24) is 15.8 Å². The summed E-state index contributed by atoms with van der Waals surface area (Å²) in [5.41, 5.74) is 0.959. The predicted molar refractivity (Wildman–Crippen MR) is 109 cm³/mol. The van der Waals surface area contributed by atoms with Crippen molar-refractivity contribution < 1.29 is 13.3 Å². The van der Waals surface area contributed by atoms with Crippen molar-refractivity contribution >= 4 is 29.9 Å². The minimum atomic E-state index is -0.536. The number of nitrogens with one attached hydrogen (secondary N) is 2. The molecule has 0 saturated heterocycles. The lowest BCUT2D eigenvalue weighted by molar-refractivity contribution is 0.376. The second-order valence-corrected chi connectivity index (χ2v) is 5.94. The van der Waals surface area contributed by atoms with Gasteiger partial charge in [-0.2, -0.15) is 0 Å². The molecule has 0 unspecified atom stereocenters. The lowest BCUT2D eigenvalue weighted by Crippen LogP contribution is -2.38. The van der Waals surface area contributed by atoms with Gasteiger partial charge in [0.1, 0.15) is 18.2 Å². The monoisotopic (exact) mass is 478 g/mol. The molecule has 0 aliphatic heterocycles. The van der Waals surface area contributed by atoms with Crippen LogP contribution in [-0.4, -0.2) is 24.2 Å². The Morgan fingerprint density at radius 3 is 2.50 bits per heavy atom. The molecule has 8 heteroatoms. The number of guanidine groups is 1. The molecule has 1 aromatic heterocycles. The molecule has 0 aliphatic carbocycles. The average molecular weight is 478 g/mol. The Labute approximate surface area is 169 Å². The lowest BCUT2D eigenvalue weighted by atomic mass is 10.1. The smallest absolute Gasteiger partial charge is 0.191 e. The highest BCUT2D eigenvalue weighted by atomic mass is 127. The Balaban J connectivity index is 0.00000338. The number of benzene rings is 1. The van der Waals surface area contributed by atoms with E-state index < -0.39 is 11.6 Å². The molecule has 0 saturated carbocycles. The van der Waals surface area contributed by atoms with E-state index >= 15 is 0 Å². The van der Waals surface area contributed by atoms with Gasteiger partial charge in [0.2, 0.25) is 0 Å². The second kappa shape index (κ2) is 11.1. The maximum absolute atomic E-state index is 13.6. The van der Waals surface area contributed by atoms with Crippen molar-refractivity contribution in [3.05, 3.63) is 52.9 Å². The van der Waals surface area contributed by atoms with Gasteiger partial charge in [0, 0.05) is 24.7 Å². The summed E-state index contributed by atoms with van der Waals surface area (Å²) in [5, 5.41) is 10.1. The molecule has 2 rings (SSSR count).